The summed E-state index contributed by atoms with van der Waals surface area (Å²) in [7, 11) is 3.93. The van der Waals surface area contributed by atoms with Gasteiger partial charge in [0, 0.05) is 18.8 Å². The molecule has 0 fully saturated rings. The van der Waals surface area contributed by atoms with Crippen LogP contribution in [-0.2, 0) is 0 Å². The van der Waals surface area contributed by atoms with Crippen molar-refractivity contribution in [1.82, 2.24) is 15.2 Å². The highest BCUT2D eigenvalue weighted by atomic mass is 16.1. The van der Waals surface area contributed by atoms with Gasteiger partial charge in [0.05, 0.1) is 5.56 Å². The van der Waals surface area contributed by atoms with E-state index in [2.05, 4.69) is 15.7 Å². The minimum absolute atomic E-state index is 0.0878. The Kier molecular flexibility index (Phi) is 4.86. The van der Waals surface area contributed by atoms with Crippen LogP contribution in [0.15, 0.2) is 18.3 Å². The lowest BCUT2D eigenvalue weighted by Crippen LogP contribution is -2.39. The summed E-state index contributed by atoms with van der Waals surface area (Å²) in [5.74, 6) is 5.59. The monoisotopic (exact) mass is 237 g/mol. The highest BCUT2D eigenvalue weighted by molar-refractivity contribution is 5.94. The molecule has 1 heterocycles. The Balaban J connectivity index is 2.57. The molecule has 1 rings (SSSR count). The molecule has 1 unspecified atom stereocenters. The molecule has 0 aliphatic rings. The molecule has 1 amide bonds. The molecule has 0 bridgehead atoms. The number of nitrogen functional groups attached to an aromatic ring is 1. The normalized spacial score (nSPS) is 12.3. The van der Waals surface area contributed by atoms with Gasteiger partial charge in [0.15, 0.2) is 0 Å². The molecule has 4 N–H and O–H groups in total. The molecule has 0 aliphatic heterocycles. The number of nitrogens with two attached hydrogens (primary N) is 1. The van der Waals surface area contributed by atoms with Crippen molar-refractivity contribution in [1.29, 1.82) is 0 Å². The van der Waals surface area contributed by atoms with Crippen LogP contribution in [0, 0.1) is 0 Å². The molecule has 94 valence electrons. The Labute approximate surface area is 101 Å². The van der Waals surface area contributed by atoms with E-state index in [1.807, 2.05) is 25.9 Å². The number of nitrogens with one attached hydrogen (secondary N) is 2. The minimum atomic E-state index is -0.129. The van der Waals surface area contributed by atoms with Gasteiger partial charge in [0.25, 0.3) is 5.91 Å². The first-order valence-corrected chi connectivity index (χ1v) is 5.41. The third kappa shape index (κ3) is 4.38. The highest BCUT2D eigenvalue weighted by Gasteiger charge is 2.10. The Morgan fingerprint density at radius 3 is 2.71 bits per heavy atom. The van der Waals surface area contributed by atoms with Gasteiger partial charge in [-0.25, -0.2) is 10.8 Å². The molecule has 0 aliphatic carbocycles. The molecular formula is C11H19N5O. The number of hydrogen-bond donors (Lipinski definition) is 3. The van der Waals surface area contributed by atoms with Crippen molar-refractivity contribution in [3.05, 3.63) is 23.9 Å². The number of rotatable bonds is 5. The number of anilines is 1. The number of nitrogens with zero attached hydrogens (tertiary/aromatic N) is 2. The minimum Gasteiger partial charge on any atom is -0.348 e. The predicted octanol–water partition coefficient (Wildman–Crippen LogP) is 0.0471. The van der Waals surface area contributed by atoms with E-state index in [0.29, 0.717) is 11.4 Å². The van der Waals surface area contributed by atoms with Crippen LogP contribution >= 0.6 is 0 Å². The van der Waals surface area contributed by atoms with Crippen molar-refractivity contribution in [2.75, 3.05) is 26.1 Å². The van der Waals surface area contributed by atoms with Crippen LogP contribution < -0.4 is 16.6 Å². The molecular weight excluding hydrogens is 218 g/mol. The lowest BCUT2D eigenvalue weighted by atomic mass is 10.2. The Morgan fingerprint density at radius 2 is 2.24 bits per heavy atom. The molecule has 0 radical (unpaired) electrons. The number of pyridine rings is 1. The standard InChI is InChI=1S/C11H19N5O/c1-8(7-16(2)3)14-11(17)9-4-5-10(15-12)13-6-9/h4-6,8H,7,12H2,1-3H3,(H,13,15)(H,14,17). The summed E-state index contributed by atoms with van der Waals surface area (Å²) in [5, 5.41) is 2.89. The average Bonchev–Trinajstić information content (AvgIpc) is 2.28. The van der Waals surface area contributed by atoms with E-state index in [-0.39, 0.29) is 11.9 Å². The molecule has 0 saturated carbocycles. The lowest BCUT2D eigenvalue weighted by molar-refractivity contribution is 0.0934. The van der Waals surface area contributed by atoms with Crippen molar-refractivity contribution >= 4 is 11.7 Å². The van der Waals surface area contributed by atoms with Crippen LogP contribution in [0.25, 0.3) is 0 Å². The van der Waals surface area contributed by atoms with Crippen LogP contribution in [0.3, 0.4) is 0 Å². The van der Waals surface area contributed by atoms with E-state index < -0.39 is 0 Å². The van der Waals surface area contributed by atoms with E-state index in [1.54, 1.807) is 12.1 Å². The first-order chi connectivity index (χ1) is 8.02. The summed E-state index contributed by atoms with van der Waals surface area (Å²) < 4.78 is 0. The Bertz CT molecular complexity index is 363. The maximum Gasteiger partial charge on any atom is 0.253 e. The largest absolute Gasteiger partial charge is 0.348 e. The molecule has 0 spiro atoms. The number of carbonyl (C=O) groups excluding carboxylic acids is 1. The molecule has 6 heteroatoms. The van der Waals surface area contributed by atoms with Crippen LogP contribution in [0.5, 0.6) is 0 Å². The van der Waals surface area contributed by atoms with E-state index in [4.69, 9.17) is 5.84 Å². The SMILES string of the molecule is CC(CN(C)C)NC(=O)c1ccc(NN)nc1. The van der Waals surface area contributed by atoms with Gasteiger partial charge >= 0.3 is 0 Å². The van der Waals surface area contributed by atoms with Gasteiger partial charge in [-0.05, 0) is 33.2 Å². The van der Waals surface area contributed by atoms with Crippen molar-refractivity contribution in [3.8, 4) is 0 Å². The van der Waals surface area contributed by atoms with Crippen LogP contribution in [0.4, 0.5) is 5.82 Å². The second-order valence-electron chi connectivity index (χ2n) is 4.21. The lowest BCUT2D eigenvalue weighted by Gasteiger charge is -2.18. The maximum absolute atomic E-state index is 11.8. The molecule has 1 atom stereocenters. The van der Waals surface area contributed by atoms with Crippen molar-refractivity contribution in [2.24, 2.45) is 5.84 Å². The molecule has 1 aromatic heterocycles. The van der Waals surface area contributed by atoms with Gasteiger partial charge in [-0.1, -0.05) is 0 Å². The first kappa shape index (κ1) is 13.4. The van der Waals surface area contributed by atoms with Crippen molar-refractivity contribution in [3.63, 3.8) is 0 Å². The van der Waals surface area contributed by atoms with Gasteiger partial charge in [-0.3, -0.25) is 4.79 Å². The second-order valence-corrected chi connectivity index (χ2v) is 4.21. The maximum atomic E-state index is 11.8. The number of hydrazine groups is 1. The number of amides is 1. The van der Waals surface area contributed by atoms with E-state index in [9.17, 15) is 4.79 Å². The fraction of sp³-hybridized carbons (Fsp3) is 0.455. The van der Waals surface area contributed by atoms with Crippen LogP contribution in [0.1, 0.15) is 17.3 Å². The fourth-order valence-corrected chi connectivity index (χ4v) is 1.51. The van der Waals surface area contributed by atoms with E-state index in [1.165, 1.54) is 6.20 Å². The molecule has 17 heavy (non-hydrogen) atoms. The fourth-order valence-electron chi connectivity index (χ4n) is 1.51. The highest BCUT2D eigenvalue weighted by Crippen LogP contribution is 2.03. The smallest absolute Gasteiger partial charge is 0.253 e. The van der Waals surface area contributed by atoms with Gasteiger partial charge in [0.1, 0.15) is 5.82 Å². The van der Waals surface area contributed by atoms with Crippen molar-refractivity contribution < 1.29 is 4.79 Å². The number of aromatic nitrogens is 1. The van der Waals surface area contributed by atoms with E-state index in [0.717, 1.165) is 6.54 Å². The average molecular weight is 237 g/mol. The number of carbonyl (C=O) groups is 1. The summed E-state index contributed by atoms with van der Waals surface area (Å²) in [5.41, 5.74) is 2.93. The summed E-state index contributed by atoms with van der Waals surface area (Å²) in [4.78, 5) is 17.8. The Morgan fingerprint density at radius 1 is 1.53 bits per heavy atom. The number of likely N-dealkylation sites (N-methyl/N-ethyl adjacent to an activating group) is 1. The van der Waals surface area contributed by atoms with Crippen LogP contribution in [0.2, 0.25) is 0 Å². The summed E-state index contributed by atoms with van der Waals surface area (Å²) in [6.45, 7) is 2.75. The van der Waals surface area contributed by atoms with Gasteiger partial charge in [0.2, 0.25) is 0 Å². The number of hydrogen-bond acceptors (Lipinski definition) is 5. The molecule has 6 nitrogen and oxygen atoms in total. The Hall–Kier alpha value is -1.66. The third-order valence-electron chi connectivity index (χ3n) is 2.19. The van der Waals surface area contributed by atoms with Gasteiger partial charge in [-0.15, -0.1) is 0 Å². The van der Waals surface area contributed by atoms with Gasteiger partial charge in [-0.2, -0.15) is 0 Å². The predicted molar refractivity (Wildman–Crippen MR) is 67.5 cm³/mol. The van der Waals surface area contributed by atoms with Crippen LogP contribution in [-0.4, -0.2) is 42.5 Å². The summed E-state index contributed by atoms with van der Waals surface area (Å²) in [6.07, 6.45) is 1.49. The van der Waals surface area contributed by atoms with Crippen molar-refractivity contribution in [2.45, 2.75) is 13.0 Å². The van der Waals surface area contributed by atoms with E-state index >= 15 is 0 Å². The zero-order chi connectivity index (χ0) is 12.8. The topological polar surface area (TPSA) is 83.3 Å². The zero-order valence-electron chi connectivity index (χ0n) is 10.4. The molecule has 0 saturated heterocycles. The molecule has 1 aromatic rings. The zero-order valence-corrected chi connectivity index (χ0v) is 10.4. The molecule has 0 aromatic carbocycles. The summed E-state index contributed by atoms with van der Waals surface area (Å²) in [6, 6.07) is 3.43. The van der Waals surface area contributed by atoms with Gasteiger partial charge < -0.3 is 15.6 Å². The summed E-state index contributed by atoms with van der Waals surface area (Å²) >= 11 is 0. The first-order valence-electron chi connectivity index (χ1n) is 5.41. The quantitative estimate of drug-likeness (QED) is 0.498. The second kappa shape index (κ2) is 6.17. The third-order valence-corrected chi connectivity index (χ3v) is 2.19.